The zero-order chi connectivity index (χ0) is 11.4. The van der Waals surface area contributed by atoms with Gasteiger partial charge in [0.25, 0.3) is 0 Å². The van der Waals surface area contributed by atoms with E-state index in [0.717, 1.165) is 10.6 Å². The van der Waals surface area contributed by atoms with Crippen molar-refractivity contribution >= 4 is 28.6 Å². The quantitative estimate of drug-likeness (QED) is 0.908. The lowest BCUT2D eigenvalue weighted by atomic mass is 10.2. The van der Waals surface area contributed by atoms with Crippen LogP contribution in [-0.2, 0) is 6.54 Å². The topological polar surface area (TPSA) is 48.7 Å². The fourth-order valence-corrected chi connectivity index (χ4v) is 1.96. The van der Waals surface area contributed by atoms with Gasteiger partial charge in [-0.25, -0.2) is 0 Å². The first-order valence-electron chi connectivity index (χ1n) is 4.60. The van der Waals surface area contributed by atoms with Crippen LogP contribution in [0.4, 0.5) is 5.69 Å². The molecule has 0 bridgehead atoms. The van der Waals surface area contributed by atoms with Gasteiger partial charge in [0.1, 0.15) is 0 Å². The van der Waals surface area contributed by atoms with E-state index in [-0.39, 0.29) is 0 Å². The number of aromatic nitrogens is 1. The van der Waals surface area contributed by atoms with Crippen LogP contribution in [0, 0.1) is 11.3 Å². The maximum atomic E-state index is 8.78. The lowest BCUT2D eigenvalue weighted by Gasteiger charge is -2.06. The third-order valence-corrected chi connectivity index (χ3v) is 3.14. The molecule has 1 N–H and O–H groups in total. The van der Waals surface area contributed by atoms with E-state index >= 15 is 0 Å². The molecule has 2 aromatic rings. The van der Waals surface area contributed by atoms with E-state index in [0.29, 0.717) is 17.1 Å². The second-order valence-electron chi connectivity index (χ2n) is 3.13. The molecule has 0 saturated heterocycles. The Labute approximate surface area is 102 Å². The Morgan fingerprint density at radius 3 is 3.06 bits per heavy atom. The van der Waals surface area contributed by atoms with Crippen molar-refractivity contribution in [3.05, 3.63) is 45.4 Å². The highest BCUT2D eigenvalue weighted by Crippen LogP contribution is 2.23. The minimum Gasteiger partial charge on any atom is -0.379 e. The molecule has 0 amide bonds. The second-order valence-corrected chi connectivity index (χ2v) is 4.51. The molecule has 1 aromatic carbocycles. The fourth-order valence-electron chi connectivity index (χ4n) is 1.24. The standard InChI is InChI=1S/C11H8ClN3S/c12-10-2-1-8(4-13)3-11(10)15-6-9-5-14-7-16-9/h1-3,5,7,15H,6H2. The van der Waals surface area contributed by atoms with Crippen LogP contribution in [0.1, 0.15) is 10.4 Å². The molecule has 0 unspecified atom stereocenters. The van der Waals surface area contributed by atoms with Gasteiger partial charge in [-0.2, -0.15) is 5.26 Å². The number of nitrogens with zero attached hydrogens (tertiary/aromatic N) is 2. The van der Waals surface area contributed by atoms with Crippen LogP contribution in [0.3, 0.4) is 0 Å². The van der Waals surface area contributed by atoms with Gasteiger partial charge >= 0.3 is 0 Å². The van der Waals surface area contributed by atoms with E-state index < -0.39 is 0 Å². The van der Waals surface area contributed by atoms with Crippen molar-refractivity contribution in [2.24, 2.45) is 0 Å². The zero-order valence-corrected chi connectivity index (χ0v) is 9.85. The van der Waals surface area contributed by atoms with Gasteiger partial charge in [-0.15, -0.1) is 11.3 Å². The largest absolute Gasteiger partial charge is 0.379 e. The van der Waals surface area contributed by atoms with Crippen LogP contribution < -0.4 is 5.32 Å². The number of hydrogen-bond acceptors (Lipinski definition) is 4. The molecular weight excluding hydrogens is 242 g/mol. The minimum atomic E-state index is 0.594. The zero-order valence-electron chi connectivity index (χ0n) is 8.27. The Balaban J connectivity index is 2.12. The van der Waals surface area contributed by atoms with Gasteiger partial charge in [0.15, 0.2) is 0 Å². The Morgan fingerprint density at radius 1 is 1.50 bits per heavy atom. The molecule has 80 valence electrons. The van der Waals surface area contributed by atoms with Crippen molar-refractivity contribution in [2.45, 2.75) is 6.54 Å². The fraction of sp³-hybridized carbons (Fsp3) is 0.0909. The maximum absolute atomic E-state index is 8.78. The SMILES string of the molecule is N#Cc1ccc(Cl)c(NCc2cncs2)c1. The van der Waals surface area contributed by atoms with Gasteiger partial charge in [0, 0.05) is 11.1 Å². The highest BCUT2D eigenvalue weighted by molar-refractivity contribution is 7.09. The molecule has 0 fully saturated rings. The summed E-state index contributed by atoms with van der Waals surface area (Å²) in [5.74, 6) is 0. The molecule has 3 nitrogen and oxygen atoms in total. The number of thiazole rings is 1. The molecule has 1 aromatic heterocycles. The predicted molar refractivity (Wildman–Crippen MR) is 65.6 cm³/mol. The summed E-state index contributed by atoms with van der Waals surface area (Å²) in [7, 11) is 0. The molecule has 16 heavy (non-hydrogen) atoms. The third kappa shape index (κ3) is 2.51. The van der Waals surface area contributed by atoms with Crippen LogP contribution in [0.25, 0.3) is 0 Å². The second kappa shape index (κ2) is 4.97. The first kappa shape index (κ1) is 10.9. The van der Waals surface area contributed by atoms with Gasteiger partial charge < -0.3 is 5.32 Å². The Kier molecular flexibility index (Phi) is 3.40. The van der Waals surface area contributed by atoms with Gasteiger partial charge in [-0.05, 0) is 18.2 Å². The number of hydrogen-bond donors (Lipinski definition) is 1. The highest BCUT2D eigenvalue weighted by Gasteiger charge is 2.02. The number of halogens is 1. The molecule has 1 heterocycles. The van der Waals surface area contributed by atoms with Crippen LogP contribution in [0.5, 0.6) is 0 Å². The van der Waals surface area contributed by atoms with Gasteiger partial charge in [-0.3, -0.25) is 4.98 Å². The Hall–Kier alpha value is -1.57. The monoisotopic (exact) mass is 249 g/mol. The average molecular weight is 250 g/mol. The van der Waals surface area contributed by atoms with Crippen molar-refractivity contribution in [3.63, 3.8) is 0 Å². The summed E-state index contributed by atoms with van der Waals surface area (Å²) < 4.78 is 0. The van der Waals surface area contributed by atoms with E-state index in [1.165, 1.54) is 0 Å². The molecule has 0 radical (unpaired) electrons. The van der Waals surface area contributed by atoms with Crippen LogP contribution in [0.2, 0.25) is 5.02 Å². The lowest BCUT2D eigenvalue weighted by Crippen LogP contribution is -1.98. The molecule has 0 aliphatic rings. The number of benzene rings is 1. The van der Waals surface area contributed by atoms with Crippen molar-refractivity contribution in [3.8, 4) is 6.07 Å². The number of nitrogens with one attached hydrogen (secondary N) is 1. The number of rotatable bonds is 3. The molecule has 0 spiro atoms. The predicted octanol–water partition coefficient (Wildman–Crippen LogP) is 3.28. The van der Waals surface area contributed by atoms with E-state index in [1.807, 2.05) is 0 Å². The third-order valence-electron chi connectivity index (χ3n) is 2.03. The molecule has 0 atom stereocenters. The molecule has 5 heteroatoms. The van der Waals surface area contributed by atoms with E-state index in [4.69, 9.17) is 16.9 Å². The Morgan fingerprint density at radius 2 is 2.38 bits per heavy atom. The van der Waals surface area contributed by atoms with Crippen molar-refractivity contribution in [2.75, 3.05) is 5.32 Å². The summed E-state index contributed by atoms with van der Waals surface area (Å²) in [5, 5.41) is 12.6. The summed E-state index contributed by atoms with van der Waals surface area (Å²) in [5.41, 5.74) is 3.15. The summed E-state index contributed by atoms with van der Waals surface area (Å²) in [4.78, 5) is 5.11. The number of nitriles is 1. The van der Waals surface area contributed by atoms with Gasteiger partial charge in [0.05, 0.1) is 34.4 Å². The van der Waals surface area contributed by atoms with E-state index in [9.17, 15) is 0 Å². The summed E-state index contributed by atoms with van der Waals surface area (Å²) in [6.45, 7) is 0.666. The van der Waals surface area contributed by atoms with Gasteiger partial charge in [-0.1, -0.05) is 11.6 Å². The smallest absolute Gasteiger partial charge is 0.0992 e. The first-order valence-corrected chi connectivity index (χ1v) is 5.86. The van der Waals surface area contributed by atoms with E-state index in [2.05, 4.69) is 16.4 Å². The van der Waals surface area contributed by atoms with Crippen LogP contribution in [0.15, 0.2) is 29.9 Å². The molecular formula is C11H8ClN3S. The highest BCUT2D eigenvalue weighted by atomic mass is 35.5. The number of anilines is 1. The van der Waals surface area contributed by atoms with Crippen LogP contribution in [-0.4, -0.2) is 4.98 Å². The summed E-state index contributed by atoms with van der Waals surface area (Å²) in [6, 6.07) is 7.23. The van der Waals surface area contributed by atoms with Crippen LogP contribution >= 0.6 is 22.9 Å². The lowest BCUT2D eigenvalue weighted by molar-refractivity contribution is 1.17. The Bertz CT molecular complexity index is 517. The normalized spacial score (nSPS) is 9.75. The summed E-state index contributed by atoms with van der Waals surface area (Å²) in [6.07, 6.45) is 1.81. The van der Waals surface area contributed by atoms with Crippen molar-refractivity contribution in [1.82, 2.24) is 4.98 Å². The van der Waals surface area contributed by atoms with Gasteiger partial charge in [0.2, 0.25) is 0 Å². The van der Waals surface area contributed by atoms with E-state index in [1.54, 1.807) is 41.2 Å². The van der Waals surface area contributed by atoms with Crippen molar-refractivity contribution < 1.29 is 0 Å². The van der Waals surface area contributed by atoms with Crippen molar-refractivity contribution in [1.29, 1.82) is 5.26 Å². The summed E-state index contributed by atoms with van der Waals surface area (Å²) >= 11 is 7.59. The molecule has 0 aliphatic carbocycles. The minimum absolute atomic E-state index is 0.594. The molecule has 2 rings (SSSR count). The average Bonchev–Trinajstić information content (AvgIpc) is 2.81. The maximum Gasteiger partial charge on any atom is 0.0992 e. The molecule has 0 saturated carbocycles. The first-order chi connectivity index (χ1) is 7.79. The molecule has 0 aliphatic heterocycles.